The van der Waals surface area contributed by atoms with Crippen molar-refractivity contribution in [2.75, 3.05) is 9.80 Å². The van der Waals surface area contributed by atoms with Crippen molar-refractivity contribution < 1.29 is 39.5 Å². The zero-order valence-electron chi connectivity index (χ0n) is 47.0. The van der Waals surface area contributed by atoms with E-state index in [1.807, 2.05) is 121 Å². The van der Waals surface area contributed by atoms with Crippen molar-refractivity contribution in [3.05, 3.63) is 358 Å². The normalized spacial score (nSPS) is 15.4. The molecular weight excluding hydrogens is 1130 g/mol. The van der Waals surface area contributed by atoms with Gasteiger partial charge in [-0.05, 0) is 151 Å². The van der Waals surface area contributed by atoms with E-state index in [2.05, 4.69) is 13.2 Å². The number of halogens is 8. The van der Waals surface area contributed by atoms with Crippen molar-refractivity contribution in [2.24, 2.45) is 0 Å². The van der Waals surface area contributed by atoms with Crippen LogP contribution in [0, 0.1) is 46.5 Å². The van der Waals surface area contributed by atoms with Crippen LogP contribution in [0.15, 0.2) is 260 Å². The predicted molar refractivity (Wildman–Crippen MR) is 338 cm³/mol. The van der Waals surface area contributed by atoms with E-state index in [1.54, 1.807) is 84.9 Å². The molecule has 0 radical (unpaired) electrons. The number of benzene rings is 12. The summed E-state index contributed by atoms with van der Waals surface area (Å²) >= 11 is 0. The molecule has 430 valence electrons. The van der Waals surface area contributed by atoms with Crippen LogP contribution < -0.4 is 9.80 Å². The Hall–Kier alpha value is -11.0. The maximum absolute atomic E-state index is 16.7. The molecule has 2 aliphatic carbocycles. The molecule has 13 aromatic rings. The van der Waals surface area contributed by atoms with Gasteiger partial charge in [0.05, 0.1) is 22.2 Å². The van der Waals surface area contributed by atoms with Crippen LogP contribution in [0.3, 0.4) is 0 Å². The van der Waals surface area contributed by atoms with Crippen LogP contribution in [-0.4, -0.2) is 0 Å². The van der Waals surface area contributed by atoms with E-state index >= 15 is 17.6 Å². The fourth-order valence-electron chi connectivity index (χ4n) is 13.8. The van der Waals surface area contributed by atoms with Gasteiger partial charge in [-0.2, -0.15) is 0 Å². The van der Waals surface area contributed by atoms with Gasteiger partial charge in [-0.3, -0.25) is 0 Å². The molecule has 0 aliphatic heterocycles. The van der Waals surface area contributed by atoms with Crippen molar-refractivity contribution in [3.63, 3.8) is 0 Å². The SMILES string of the molecule is C=Cc1ccc(C2(c3ccc(F)cc3)c3ccccc3-c3ccc(N(c4ccc5c(c4)oc4cc(N(c6ccc7c(c6)C(c6ccc(F)cc6)(c6ccc(C=C)cc6)c6ccccc6-7)c6cc(F)c(F)cc6F)ccc45)c4cc(F)c(F)cc4F)cc32)cc1. The Morgan fingerprint density at radius 2 is 0.629 bits per heavy atom. The minimum atomic E-state index is -1.38. The molecule has 0 amide bonds. The standard InChI is InChI=1S/C78H46F8N2O/c1-3-45-13-17-47(18-14-45)77(49-21-25-51(79)26-22-49)63-11-7-5-9-57(63)59-33-29-53(37-65(59)77)87(73-43-69(83)67(81)41-71(73)85)55-31-35-61-62-36-32-56(40-76(62)89-75(61)39-55)88(74-44-70(84)68(82)42-72(74)86)54-30-34-60-58-10-6-8-12-64(58)78(66(60)38-54,50-23-27-52(80)28-24-50)48-19-15-46(4-2)16-20-48/h3-44H,1-2H2. The largest absolute Gasteiger partial charge is 0.456 e. The van der Waals surface area contributed by atoms with Gasteiger partial charge in [0, 0.05) is 69.9 Å². The highest BCUT2D eigenvalue weighted by Gasteiger charge is 2.48. The molecule has 11 heteroatoms. The summed E-state index contributed by atoms with van der Waals surface area (Å²) in [5.74, 6) is -8.34. The summed E-state index contributed by atoms with van der Waals surface area (Å²) in [6.45, 7) is 7.91. The molecule has 0 fully saturated rings. The van der Waals surface area contributed by atoms with Gasteiger partial charge in [0.2, 0.25) is 0 Å². The Bertz CT molecular complexity index is 4740. The minimum Gasteiger partial charge on any atom is -0.456 e. The quantitative estimate of drug-likeness (QED) is 0.0898. The van der Waals surface area contributed by atoms with Gasteiger partial charge in [-0.25, -0.2) is 35.1 Å². The van der Waals surface area contributed by atoms with E-state index in [-0.39, 0.29) is 33.9 Å². The Labute approximate surface area is 506 Å². The van der Waals surface area contributed by atoms with Crippen LogP contribution in [0.4, 0.5) is 69.2 Å². The topological polar surface area (TPSA) is 19.6 Å². The molecule has 2 atom stereocenters. The van der Waals surface area contributed by atoms with Crippen LogP contribution in [-0.2, 0) is 10.8 Å². The van der Waals surface area contributed by atoms with Gasteiger partial charge >= 0.3 is 0 Å². The minimum absolute atomic E-state index is 0.284. The van der Waals surface area contributed by atoms with Gasteiger partial charge in [0.1, 0.15) is 34.4 Å². The number of anilines is 6. The number of furan rings is 1. The van der Waals surface area contributed by atoms with Gasteiger partial charge in [-0.1, -0.05) is 159 Å². The van der Waals surface area contributed by atoms with Gasteiger partial charge < -0.3 is 14.2 Å². The average molecular weight is 1180 g/mol. The highest BCUT2D eigenvalue weighted by atomic mass is 19.2. The zero-order valence-corrected chi connectivity index (χ0v) is 47.0. The van der Waals surface area contributed by atoms with Crippen LogP contribution in [0.5, 0.6) is 0 Å². The smallest absolute Gasteiger partial charge is 0.161 e. The molecule has 1 heterocycles. The molecule has 0 saturated carbocycles. The van der Waals surface area contributed by atoms with Crippen LogP contribution in [0.2, 0.25) is 0 Å². The third-order valence-corrected chi connectivity index (χ3v) is 17.7. The molecule has 0 bridgehead atoms. The molecule has 2 unspecified atom stereocenters. The second-order valence-corrected chi connectivity index (χ2v) is 22.3. The first-order valence-electron chi connectivity index (χ1n) is 28.6. The van der Waals surface area contributed by atoms with Crippen LogP contribution in [0.25, 0.3) is 56.3 Å². The summed E-state index contributed by atoms with van der Waals surface area (Å²) in [5, 5.41) is 1.19. The Kier molecular flexibility index (Phi) is 12.8. The van der Waals surface area contributed by atoms with Crippen molar-refractivity contribution >= 4 is 68.2 Å². The average Bonchev–Trinajstić information content (AvgIpc) is 1.57. The molecule has 3 nitrogen and oxygen atoms in total. The fourth-order valence-corrected chi connectivity index (χ4v) is 13.8. The number of rotatable bonds is 12. The van der Waals surface area contributed by atoms with E-state index in [9.17, 15) is 17.6 Å². The number of nitrogens with zero attached hydrogens (tertiary/aromatic N) is 2. The van der Waals surface area contributed by atoms with E-state index in [4.69, 9.17) is 4.42 Å². The molecule has 0 spiro atoms. The summed E-state index contributed by atoms with van der Waals surface area (Å²) in [5.41, 5.74) is 10.7. The zero-order chi connectivity index (χ0) is 61.0. The fraction of sp³-hybridized carbons (Fsp3) is 0.0256. The summed E-state index contributed by atoms with van der Waals surface area (Å²) in [4.78, 5) is 2.96. The second kappa shape index (κ2) is 20.8. The molecule has 2 aliphatic rings. The number of hydrogen-bond acceptors (Lipinski definition) is 3. The van der Waals surface area contributed by atoms with Crippen molar-refractivity contribution in [2.45, 2.75) is 10.8 Å². The molecule has 15 rings (SSSR count). The summed E-state index contributed by atoms with van der Waals surface area (Å²) < 4.78 is 131. The lowest BCUT2D eigenvalue weighted by molar-refractivity contribution is 0.495. The van der Waals surface area contributed by atoms with Crippen molar-refractivity contribution in [1.82, 2.24) is 0 Å². The van der Waals surface area contributed by atoms with E-state index in [0.29, 0.717) is 34.3 Å². The maximum Gasteiger partial charge on any atom is 0.161 e. The van der Waals surface area contributed by atoms with Gasteiger partial charge in [-0.15, -0.1) is 0 Å². The lowest BCUT2D eigenvalue weighted by atomic mass is 9.67. The summed E-state index contributed by atoms with van der Waals surface area (Å²) in [6.07, 6.45) is 3.48. The number of hydrogen-bond donors (Lipinski definition) is 0. The second-order valence-electron chi connectivity index (χ2n) is 22.3. The number of fused-ring (bicyclic) bond motifs is 9. The van der Waals surface area contributed by atoms with Crippen molar-refractivity contribution in [3.8, 4) is 22.3 Å². The summed E-state index contributed by atoms with van der Waals surface area (Å²) in [6, 6.07) is 68.2. The molecule has 89 heavy (non-hydrogen) atoms. The van der Waals surface area contributed by atoms with E-state index in [0.717, 1.165) is 90.0 Å². The lowest BCUT2D eigenvalue weighted by Crippen LogP contribution is -2.29. The van der Waals surface area contributed by atoms with Gasteiger partial charge in [0.25, 0.3) is 0 Å². The third kappa shape index (κ3) is 8.40. The van der Waals surface area contributed by atoms with Crippen LogP contribution >= 0.6 is 0 Å². The molecular formula is C78H46F8N2O. The predicted octanol–water partition coefficient (Wildman–Crippen LogP) is 21.7. The Morgan fingerprint density at radius 1 is 0.303 bits per heavy atom. The lowest BCUT2D eigenvalue weighted by Gasteiger charge is -2.35. The first kappa shape index (κ1) is 54.6. The molecule has 1 aromatic heterocycles. The molecule has 0 N–H and O–H groups in total. The third-order valence-electron chi connectivity index (χ3n) is 17.7. The molecule has 0 saturated heterocycles. The monoisotopic (exact) mass is 1180 g/mol. The first-order chi connectivity index (χ1) is 43.3. The van der Waals surface area contributed by atoms with E-state index < -0.39 is 57.4 Å². The highest BCUT2D eigenvalue weighted by molar-refractivity contribution is 6.07. The first-order valence-corrected chi connectivity index (χ1v) is 28.6. The highest BCUT2D eigenvalue weighted by Crippen LogP contribution is 2.60. The maximum atomic E-state index is 16.7. The Balaban J connectivity index is 0.909. The summed E-state index contributed by atoms with van der Waals surface area (Å²) in [7, 11) is 0. The van der Waals surface area contributed by atoms with E-state index in [1.165, 1.54) is 34.1 Å². The Morgan fingerprint density at radius 3 is 1.01 bits per heavy atom. The van der Waals surface area contributed by atoms with Crippen LogP contribution in [0.1, 0.15) is 55.6 Å². The van der Waals surface area contributed by atoms with Crippen molar-refractivity contribution in [1.29, 1.82) is 0 Å². The van der Waals surface area contributed by atoms with Gasteiger partial charge in [0.15, 0.2) is 23.3 Å². The molecule has 12 aromatic carbocycles.